The second kappa shape index (κ2) is 7.74. The second-order valence-corrected chi connectivity index (χ2v) is 7.88. The van der Waals surface area contributed by atoms with Crippen LogP contribution in [-0.4, -0.2) is 28.0 Å². The predicted octanol–water partition coefficient (Wildman–Crippen LogP) is 2.96. The Balaban J connectivity index is 1.91. The van der Waals surface area contributed by atoms with E-state index in [1.165, 1.54) is 7.11 Å². The van der Waals surface area contributed by atoms with Gasteiger partial charge in [-0.05, 0) is 55.9 Å². The van der Waals surface area contributed by atoms with Crippen LogP contribution < -0.4 is 4.72 Å². The van der Waals surface area contributed by atoms with Gasteiger partial charge in [-0.15, -0.1) is 0 Å². The van der Waals surface area contributed by atoms with Crippen LogP contribution in [-0.2, 0) is 25.7 Å². The van der Waals surface area contributed by atoms with E-state index in [2.05, 4.69) is 4.72 Å². The molecule has 0 heterocycles. The summed E-state index contributed by atoms with van der Waals surface area (Å²) < 4.78 is 69.1. The van der Waals surface area contributed by atoms with E-state index in [-0.39, 0.29) is 29.2 Å². The van der Waals surface area contributed by atoms with Crippen molar-refractivity contribution in [3.05, 3.63) is 29.8 Å². The van der Waals surface area contributed by atoms with Crippen molar-refractivity contribution < 1.29 is 31.1 Å². The Hall–Kier alpha value is -1.61. The molecule has 0 aliphatic heterocycles. The lowest BCUT2D eigenvalue weighted by molar-refractivity contribution is -0.146. The molecule has 0 unspecified atom stereocenters. The minimum absolute atomic E-state index is 0.0881. The summed E-state index contributed by atoms with van der Waals surface area (Å²) in [6.45, 7) is 0.192. The number of rotatable bonds is 5. The summed E-state index contributed by atoms with van der Waals surface area (Å²) in [6, 6.07) is 3.38. The fraction of sp³-hybridized carbons (Fsp3) is 0.562. The highest BCUT2D eigenvalue weighted by atomic mass is 32.2. The van der Waals surface area contributed by atoms with Gasteiger partial charge in [0.15, 0.2) is 0 Å². The van der Waals surface area contributed by atoms with E-state index < -0.39 is 21.8 Å². The van der Waals surface area contributed by atoms with Gasteiger partial charge in [0.2, 0.25) is 10.0 Å². The van der Waals surface area contributed by atoms with Gasteiger partial charge in [0, 0.05) is 6.54 Å². The van der Waals surface area contributed by atoms with E-state index in [9.17, 15) is 26.4 Å². The third-order valence-electron chi connectivity index (χ3n) is 4.44. The van der Waals surface area contributed by atoms with Crippen molar-refractivity contribution >= 4 is 16.0 Å². The van der Waals surface area contributed by atoms with E-state index in [4.69, 9.17) is 4.74 Å². The number of nitrogens with one attached hydrogen (secondary N) is 1. The van der Waals surface area contributed by atoms with Crippen molar-refractivity contribution in [1.29, 1.82) is 0 Å². The van der Waals surface area contributed by atoms with Crippen LogP contribution in [0.3, 0.4) is 0 Å². The van der Waals surface area contributed by atoms with Crippen LogP contribution >= 0.6 is 0 Å². The topological polar surface area (TPSA) is 72.5 Å². The van der Waals surface area contributed by atoms with E-state index in [1.807, 2.05) is 0 Å². The maximum atomic E-state index is 12.5. The highest BCUT2D eigenvalue weighted by molar-refractivity contribution is 7.89. The molecule has 0 bridgehead atoms. The van der Waals surface area contributed by atoms with Crippen LogP contribution in [0.1, 0.15) is 31.2 Å². The summed E-state index contributed by atoms with van der Waals surface area (Å²) >= 11 is 0. The zero-order valence-corrected chi connectivity index (χ0v) is 14.5. The average molecular weight is 379 g/mol. The molecule has 1 aromatic rings. The van der Waals surface area contributed by atoms with Crippen molar-refractivity contribution in [1.82, 2.24) is 4.72 Å². The van der Waals surface area contributed by atoms with Gasteiger partial charge in [-0.2, -0.15) is 13.2 Å². The van der Waals surface area contributed by atoms with Crippen LogP contribution in [0.15, 0.2) is 29.2 Å². The summed E-state index contributed by atoms with van der Waals surface area (Å²) in [7, 11) is -2.53. The van der Waals surface area contributed by atoms with Crippen LogP contribution in [0.25, 0.3) is 0 Å². The molecule has 0 radical (unpaired) electrons. The molecule has 0 spiro atoms. The number of benzene rings is 1. The molecule has 0 saturated heterocycles. The number of ether oxygens (including phenoxy) is 1. The fourth-order valence-electron chi connectivity index (χ4n) is 2.90. The zero-order chi connectivity index (χ0) is 18.7. The summed E-state index contributed by atoms with van der Waals surface area (Å²) in [5, 5.41) is 0. The average Bonchev–Trinajstić information content (AvgIpc) is 2.59. The summed E-state index contributed by atoms with van der Waals surface area (Å²) in [6.07, 6.45) is -1.85. The van der Waals surface area contributed by atoms with Crippen molar-refractivity contribution in [3.63, 3.8) is 0 Å². The number of methoxy groups -OCH3 is 1. The molecule has 2 rings (SSSR count). The van der Waals surface area contributed by atoms with Crippen LogP contribution in [0, 0.1) is 11.8 Å². The SMILES string of the molecule is COC(=O)C1CCC(CNS(=O)(=O)c2ccc(C(F)(F)F)cc2)CC1. The van der Waals surface area contributed by atoms with Gasteiger partial charge in [-0.3, -0.25) is 4.79 Å². The molecule has 1 aliphatic carbocycles. The normalized spacial score (nSPS) is 21.8. The Morgan fingerprint density at radius 2 is 1.72 bits per heavy atom. The fourth-order valence-corrected chi connectivity index (χ4v) is 4.02. The lowest BCUT2D eigenvalue weighted by Gasteiger charge is -2.26. The smallest absolute Gasteiger partial charge is 0.416 e. The first-order valence-corrected chi connectivity index (χ1v) is 9.36. The van der Waals surface area contributed by atoms with E-state index >= 15 is 0 Å². The Morgan fingerprint density at radius 1 is 1.16 bits per heavy atom. The van der Waals surface area contributed by atoms with Crippen molar-refractivity contribution in [2.24, 2.45) is 11.8 Å². The van der Waals surface area contributed by atoms with Crippen LogP contribution in [0.5, 0.6) is 0 Å². The van der Waals surface area contributed by atoms with Crippen molar-refractivity contribution in [3.8, 4) is 0 Å². The Kier molecular flexibility index (Phi) is 6.10. The molecule has 140 valence electrons. The molecule has 0 aromatic heterocycles. The summed E-state index contributed by atoms with van der Waals surface area (Å²) in [4.78, 5) is 11.3. The minimum Gasteiger partial charge on any atom is -0.469 e. The number of carbonyl (C=O) groups is 1. The van der Waals surface area contributed by atoms with E-state index in [0.29, 0.717) is 25.7 Å². The van der Waals surface area contributed by atoms with Gasteiger partial charge < -0.3 is 4.74 Å². The number of carbonyl (C=O) groups excluding carboxylic acids is 1. The molecule has 1 aliphatic rings. The second-order valence-electron chi connectivity index (χ2n) is 6.11. The van der Waals surface area contributed by atoms with E-state index in [0.717, 1.165) is 24.3 Å². The third kappa shape index (κ3) is 5.18. The van der Waals surface area contributed by atoms with Crippen LogP contribution in [0.4, 0.5) is 13.2 Å². The molecular formula is C16H20F3NO4S. The van der Waals surface area contributed by atoms with Crippen molar-refractivity contribution in [2.75, 3.05) is 13.7 Å². The van der Waals surface area contributed by atoms with Gasteiger partial charge in [-0.1, -0.05) is 0 Å². The number of esters is 1. The molecule has 0 amide bonds. The van der Waals surface area contributed by atoms with Gasteiger partial charge in [0.1, 0.15) is 0 Å². The molecule has 0 atom stereocenters. The van der Waals surface area contributed by atoms with E-state index in [1.54, 1.807) is 0 Å². The lowest BCUT2D eigenvalue weighted by Crippen LogP contribution is -2.32. The van der Waals surface area contributed by atoms with Gasteiger partial charge in [-0.25, -0.2) is 13.1 Å². The van der Waals surface area contributed by atoms with Crippen LogP contribution in [0.2, 0.25) is 0 Å². The van der Waals surface area contributed by atoms with Gasteiger partial charge in [0.05, 0.1) is 23.5 Å². The lowest BCUT2D eigenvalue weighted by atomic mass is 9.82. The predicted molar refractivity (Wildman–Crippen MR) is 84.1 cm³/mol. The maximum Gasteiger partial charge on any atom is 0.416 e. The monoisotopic (exact) mass is 379 g/mol. The largest absolute Gasteiger partial charge is 0.469 e. The molecule has 1 N–H and O–H groups in total. The third-order valence-corrected chi connectivity index (χ3v) is 5.87. The zero-order valence-electron chi connectivity index (χ0n) is 13.7. The Labute approximate surface area is 144 Å². The number of halogens is 3. The Morgan fingerprint density at radius 3 is 2.20 bits per heavy atom. The minimum atomic E-state index is -4.51. The summed E-state index contributed by atoms with van der Waals surface area (Å²) in [5.74, 6) is -0.304. The van der Waals surface area contributed by atoms with Crippen molar-refractivity contribution in [2.45, 2.75) is 36.8 Å². The molecule has 1 fully saturated rings. The number of alkyl halides is 3. The molecular weight excluding hydrogens is 359 g/mol. The molecule has 25 heavy (non-hydrogen) atoms. The number of hydrogen-bond donors (Lipinski definition) is 1. The standard InChI is InChI=1S/C16H20F3NO4S/c1-24-15(21)12-4-2-11(3-5-12)10-20-25(22,23)14-8-6-13(7-9-14)16(17,18)19/h6-9,11-12,20H,2-5,10H2,1H3. The summed E-state index contributed by atoms with van der Waals surface area (Å²) in [5.41, 5.74) is -0.896. The highest BCUT2D eigenvalue weighted by Gasteiger charge is 2.31. The maximum absolute atomic E-state index is 12.5. The molecule has 5 nitrogen and oxygen atoms in total. The van der Waals surface area contributed by atoms with Gasteiger partial charge in [0.25, 0.3) is 0 Å². The first-order chi connectivity index (χ1) is 11.6. The van der Waals surface area contributed by atoms with Gasteiger partial charge >= 0.3 is 12.1 Å². The number of hydrogen-bond acceptors (Lipinski definition) is 4. The highest BCUT2D eigenvalue weighted by Crippen LogP contribution is 2.31. The Bertz CT molecular complexity index is 693. The first kappa shape index (κ1) is 19.7. The molecule has 1 aromatic carbocycles. The first-order valence-electron chi connectivity index (χ1n) is 7.88. The molecule has 1 saturated carbocycles. The quantitative estimate of drug-likeness (QED) is 0.799. The molecule has 9 heteroatoms. The number of sulfonamides is 1.